The van der Waals surface area contributed by atoms with Crippen LogP contribution in [0, 0.1) is 11.6 Å². The van der Waals surface area contributed by atoms with Crippen molar-refractivity contribution in [3.8, 4) is 5.75 Å². The lowest BCUT2D eigenvalue weighted by Crippen LogP contribution is -2.45. The van der Waals surface area contributed by atoms with E-state index in [1.54, 1.807) is 4.57 Å². The molecule has 1 atom stereocenters. The lowest BCUT2D eigenvalue weighted by Gasteiger charge is -2.37. The molecule has 3 heterocycles. The van der Waals surface area contributed by atoms with Gasteiger partial charge in [0, 0.05) is 32.4 Å². The minimum atomic E-state index is -0.677. The van der Waals surface area contributed by atoms with Crippen molar-refractivity contribution in [1.29, 1.82) is 0 Å². The van der Waals surface area contributed by atoms with E-state index in [9.17, 15) is 14.0 Å². The summed E-state index contributed by atoms with van der Waals surface area (Å²) in [5.41, 5.74) is 5.69. The first-order valence-corrected chi connectivity index (χ1v) is 12.1. The maximum Gasteiger partial charge on any atom is 0.275 e. The molecule has 0 aliphatic carbocycles. The number of aromatic nitrogens is 1. The van der Waals surface area contributed by atoms with E-state index in [0.29, 0.717) is 35.7 Å². The van der Waals surface area contributed by atoms with E-state index in [-0.39, 0.29) is 23.6 Å². The molecule has 1 saturated heterocycles. The van der Waals surface area contributed by atoms with Gasteiger partial charge in [0.05, 0.1) is 22.6 Å². The lowest BCUT2D eigenvalue weighted by atomic mass is 10.0. The van der Waals surface area contributed by atoms with Gasteiger partial charge in [-0.25, -0.2) is 8.78 Å². The van der Waals surface area contributed by atoms with Gasteiger partial charge < -0.3 is 19.1 Å². The number of carbonyl (C=O) groups excluding carboxylic acids is 1. The fraction of sp³-hybridized carbons (Fsp3) is 0.385. The van der Waals surface area contributed by atoms with E-state index in [2.05, 4.69) is 15.8 Å². The van der Waals surface area contributed by atoms with Crippen LogP contribution in [0.25, 0.3) is 10.9 Å². The van der Waals surface area contributed by atoms with Crippen LogP contribution < -0.4 is 25.9 Å². The van der Waals surface area contributed by atoms with E-state index < -0.39 is 23.0 Å². The third kappa shape index (κ3) is 4.73. The topological polar surface area (TPSA) is 78.8 Å². The quantitative estimate of drug-likeness (QED) is 0.533. The van der Waals surface area contributed by atoms with E-state index >= 15 is 4.39 Å². The highest BCUT2D eigenvalue weighted by Crippen LogP contribution is 2.42. The first-order chi connectivity index (χ1) is 17.3. The number of hydrogen-bond donors (Lipinski definition) is 2. The second kappa shape index (κ2) is 10.5. The summed E-state index contributed by atoms with van der Waals surface area (Å²) in [6.45, 7) is 9.06. The number of piperazine rings is 1. The zero-order chi connectivity index (χ0) is 26.0. The fourth-order valence-electron chi connectivity index (χ4n) is 4.43. The number of rotatable bonds is 4. The molecule has 1 fully saturated rings. The zero-order valence-electron chi connectivity index (χ0n) is 20.9. The molecule has 10 heteroatoms. The van der Waals surface area contributed by atoms with Crippen molar-refractivity contribution in [2.75, 3.05) is 50.2 Å². The van der Waals surface area contributed by atoms with Crippen LogP contribution in [0.15, 0.2) is 41.3 Å². The molecule has 2 aliphatic rings. The minimum Gasteiger partial charge on any atom is -0.487 e. The largest absolute Gasteiger partial charge is 0.487 e. The number of halogens is 2. The summed E-state index contributed by atoms with van der Waals surface area (Å²) in [5.74, 6) is -1.30. The Morgan fingerprint density at radius 1 is 1.08 bits per heavy atom. The number of carbonyl (C=O) groups is 1. The van der Waals surface area contributed by atoms with Crippen molar-refractivity contribution < 1.29 is 18.3 Å². The van der Waals surface area contributed by atoms with Gasteiger partial charge >= 0.3 is 0 Å². The molecule has 3 aromatic rings. The van der Waals surface area contributed by atoms with Crippen LogP contribution in [0.3, 0.4) is 0 Å². The standard InChI is InChI=1S/C24H25F2N5O3.C2H6/c1-14-13-34-23-20-17(11-19(26)21(23)30-9-7-29(2)8-10-30)22(32)18(12-31(14)20)24(33)28-27-16-5-3-15(25)4-6-16;1-2/h3-6,11-12,14,27H,7-10,13H2,1-2H3,(H,28,33);1-2H3. The molecule has 2 aliphatic heterocycles. The lowest BCUT2D eigenvalue weighted by molar-refractivity contribution is 0.0960. The van der Waals surface area contributed by atoms with Gasteiger partial charge in [-0.3, -0.25) is 20.4 Å². The van der Waals surface area contributed by atoms with Gasteiger partial charge in [0.25, 0.3) is 5.91 Å². The Morgan fingerprint density at radius 2 is 1.75 bits per heavy atom. The van der Waals surface area contributed by atoms with Crippen LogP contribution in [-0.4, -0.2) is 55.2 Å². The van der Waals surface area contributed by atoms with Crippen molar-refractivity contribution in [2.24, 2.45) is 0 Å². The molecule has 2 aromatic carbocycles. The molecular formula is C26H31F2N5O3. The molecule has 0 spiro atoms. The Bertz CT molecular complexity index is 1320. The van der Waals surface area contributed by atoms with Crippen LogP contribution in [0.1, 0.15) is 37.2 Å². The Labute approximate surface area is 208 Å². The van der Waals surface area contributed by atoms with Crippen molar-refractivity contribution in [3.63, 3.8) is 0 Å². The summed E-state index contributed by atoms with van der Waals surface area (Å²) < 4.78 is 36.3. The molecule has 0 bridgehead atoms. The van der Waals surface area contributed by atoms with E-state index in [0.717, 1.165) is 13.1 Å². The number of amides is 1. The number of nitrogens with one attached hydrogen (secondary N) is 2. The van der Waals surface area contributed by atoms with E-state index in [1.165, 1.54) is 36.5 Å². The SMILES string of the molecule is CC.CC1COc2c(N3CCN(C)CC3)c(F)cc3c(=O)c(C(=O)NNc4ccc(F)cc4)cn1c23. The molecule has 0 radical (unpaired) electrons. The number of nitrogens with zero attached hydrogens (tertiary/aromatic N) is 3. The maximum absolute atomic E-state index is 15.4. The van der Waals surface area contributed by atoms with Gasteiger partial charge in [0.1, 0.15) is 23.7 Å². The highest BCUT2D eigenvalue weighted by atomic mass is 19.1. The average Bonchev–Trinajstić information content (AvgIpc) is 2.88. The Hall–Kier alpha value is -3.66. The molecular weight excluding hydrogens is 468 g/mol. The first-order valence-electron chi connectivity index (χ1n) is 12.1. The fourth-order valence-corrected chi connectivity index (χ4v) is 4.43. The summed E-state index contributed by atoms with van der Waals surface area (Å²) >= 11 is 0. The normalized spacial score (nSPS) is 17.2. The van der Waals surface area contributed by atoms with Gasteiger partial charge in [0.15, 0.2) is 11.6 Å². The highest BCUT2D eigenvalue weighted by molar-refractivity contribution is 6.00. The molecule has 1 aromatic heterocycles. The molecule has 1 unspecified atom stereocenters. The predicted molar refractivity (Wildman–Crippen MR) is 137 cm³/mol. The van der Waals surface area contributed by atoms with Gasteiger partial charge in [0.2, 0.25) is 5.43 Å². The molecule has 8 nitrogen and oxygen atoms in total. The summed E-state index contributed by atoms with van der Waals surface area (Å²) in [5, 5.41) is 0.0892. The molecule has 0 saturated carbocycles. The molecule has 192 valence electrons. The van der Waals surface area contributed by atoms with Crippen molar-refractivity contribution in [3.05, 3.63) is 63.9 Å². The number of hydrogen-bond acceptors (Lipinski definition) is 6. The summed E-state index contributed by atoms with van der Waals surface area (Å²) in [7, 11) is 2.02. The monoisotopic (exact) mass is 499 g/mol. The summed E-state index contributed by atoms with van der Waals surface area (Å²) in [4.78, 5) is 30.2. The van der Waals surface area contributed by atoms with Crippen molar-refractivity contribution >= 4 is 28.2 Å². The number of pyridine rings is 1. The third-order valence-corrected chi connectivity index (χ3v) is 6.37. The van der Waals surface area contributed by atoms with E-state index in [4.69, 9.17) is 4.74 Å². The van der Waals surface area contributed by atoms with Gasteiger partial charge in [-0.05, 0) is 44.3 Å². The summed E-state index contributed by atoms with van der Waals surface area (Å²) in [6, 6.07) is 6.43. The minimum absolute atomic E-state index is 0.0892. The number of anilines is 2. The predicted octanol–water partition coefficient (Wildman–Crippen LogP) is 3.77. The number of benzene rings is 2. The average molecular weight is 500 g/mol. The zero-order valence-corrected chi connectivity index (χ0v) is 20.9. The Balaban J connectivity index is 0.00000148. The Morgan fingerprint density at radius 3 is 2.42 bits per heavy atom. The Kier molecular flexibility index (Phi) is 7.44. The second-order valence-corrected chi connectivity index (χ2v) is 8.75. The van der Waals surface area contributed by atoms with Crippen LogP contribution in [0.2, 0.25) is 0 Å². The van der Waals surface area contributed by atoms with Gasteiger partial charge in [-0.1, -0.05) is 13.8 Å². The highest BCUT2D eigenvalue weighted by Gasteiger charge is 2.31. The molecule has 2 N–H and O–H groups in total. The van der Waals surface area contributed by atoms with Crippen LogP contribution in [-0.2, 0) is 0 Å². The van der Waals surface area contributed by atoms with Crippen molar-refractivity contribution in [2.45, 2.75) is 26.8 Å². The molecule has 36 heavy (non-hydrogen) atoms. The molecule has 1 amide bonds. The van der Waals surface area contributed by atoms with Crippen molar-refractivity contribution in [1.82, 2.24) is 14.9 Å². The maximum atomic E-state index is 15.4. The summed E-state index contributed by atoms with van der Waals surface area (Å²) in [6.07, 6.45) is 1.49. The van der Waals surface area contributed by atoms with Crippen LogP contribution >= 0.6 is 0 Å². The van der Waals surface area contributed by atoms with Crippen LogP contribution in [0.5, 0.6) is 5.75 Å². The first kappa shape index (κ1) is 25.4. The van der Waals surface area contributed by atoms with E-state index in [1.807, 2.05) is 32.7 Å². The number of likely N-dealkylation sites (N-methyl/N-ethyl adjacent to an activating group) is 1. The van der Waals surface area contributed by atoms with Gasteiger partial charge in [-0.15, -0.1) is 0 Å². The second-order valence-electron chi connectivity index (χ2n) is 8.75. The van der Waals surface area contributed by atoms with Gasteiger partial charge in [-0.2, -0.15) is 0 Å². The molecule has 5 rings (SSSR count). The smallest absolute Gasteiger partial charge is 0.275 e. The third-order valence-electron chi connectivity index (χ3n) is 6.37. The number of hydrazine groups is 1. The van der Waals surface area contributed by atoms with Crippen LogP contribution in [0.4, 0.5) is 20.2 Å². The number of ether oxygens (including phenoxy) is 1.